The van der Waals surface area contributed by atoms with E-state index < -0.39 is 0 Å². The summed E-state index contributed by atoms with van der Waals surface area (Å²) in [6.07, 6.45) is 0. The summed E-state index contributed by atoms with van der Waals surface area (Å²) in [5.74, 6) is 0. The van der Waals surface area contributed by atoms with Gasteiger partial charge in [-0.3, -0.25) is 0 Å². The lowest BCUT2D eigenvalue weighted by atomic mass is 9.80. The minimum Gasteiger partial charge on any atom is -0.192 e. The van der Waals surface area contributed by atoms with Crippen molar-refractivity contribution in [1.82, 2.24) is 0 Å². The zero-order valence-corrected chi connectivity index (χ0v) is 30.9. The van der Waals surface area contributed by atoms with E-state index in [2.05, 4.69) is 167 Å². The first-order valence-electron chi connectivity index (χ1n) is 19.0. The van der Waals surface area contributed by atoms with Crippen LogP contribution < -0.4 is 0 Å². The van der Waals surface area contributed by atoms with Gasteiger partial charge < -0.3 is 0 Å². The van der Waals surface area contributed by atoms with Crippen LogP contribution >= 0.6 is 0 Å². The second-order valence-electron chi connectivity index (χ2n) is 16.4. The lowest BCUT2D eigenvalue weighted by Gasteiger charge is -2.23. The highest BCUT2D eigenvalue weighted by atomic mass is 14.4. The molecule has 54 heavy (non-hydrogen) atoms. The monoisotopic (exact) mass is 687 g/mol. The number of nitriles is 1. The molecule has 9 aromatic rings. The third-order valence-corrected chi connectivity index (χ3v) is 12.9. The molecule has 2 aliphatic carbocycles. The third-order valence-electron chi connectivity index (χ3n) is 12.9. The first kappa shape index (κ1) is 31.1. The van der Waals surface area contributed by atoms with Crippen molar-refractivity contribution in [3.05, 3.63) is 179 Å². The van der Waals surface area contributed by atoms with Gasteiger partial charge in [0.2, 0.25) is 0 Å². The second-order valence-corrected chi connectivity index (χ2v) is 16.4. The molecule has 0 bridgehead atoms. The minimum absolute atomic E-state index is 0.0702. The topological polar surface area (TPSA) is 23.8 Å². The van der Waals surface area contributed by atoms with E-state index in [-0.39, 0.29) is 10.8 Å². The number of nitrogens with zero attached hydrogens (tertiary/aromatic N) is 1. The van der Waals surface area contributed by atoms with Crippen LogP contribution in [-0.2, 0) is 10.8 Å². The maximum Gasteiger partial charge on any atom is 0.0991 e. The maximum atomic E-state index is 9.92. The van der Waals surface area contributed by atoms with Crippen LogP contribution in [0.1, 0.15) is 55.5 Å². The Morgan fingerprint density at radius 2 is 0.852 bits per heavy atom. The van der Waals surface area contributed by atoms with Crippen LogP contribution in [0.2, 0.25) is 0 Å². The lowest BCUT2D eigenvalue weighted by Crippen LogP contribution is -2.14. The minimum atomic E-state index is -0.101. The van der Waals surface area contributed by atoms with Crippen LogP contribution in [-0.4, -0.2) is 0 Å². The van der Waals surface area contributed by atoms with Crippen molar-refractivity contribution < 1.29 is 0 Å². The van der Waals surface area contributed by atoms with Gasteiger partial charge >= 0.3 is 0 Å². The second kappa shape index (κ2) is 10.8. The third kappa shape index (κ3) is 4.09. The Balaban J connectivity index is 1.18. The maximum absolute atomic E-state index is 9.92. The van der Waals surface area contributed by atoms with Gasteiger partial charge in [-0.15, -0.1) is 0 Å². The summed E-state index contributed by atoms with van der Waals surface area (Å²) in [7, 11) is 0. The normalized spacial score (nSPS) is 14.6. The Hall–Kier alpha value is -6.49. The number of hydrogen-bond acceptors (Lipinski definition) is 1. The van der Waals surface area contributed by atoms with Crippen molar-refractivity contribution in [3.63, 3.8) is 0 Å². The molecule has 0 saturated carbocycles. The molecule has 0 unspecified atom stereocenters. The molecule has 1 nitrogen and oxygen atoms in total. The number of benzene rings is 9. The fourth-order valence-electron chi connectivity index (χ4n) is 10.1. The average Bonchev–Trinajstić information content (AvgIpc) is 3.58. The predicted octanol–water partition coefficient (Wildman–Crippen LogP) is 14.1. The van der Waals surface area contributed by atoms with Crippen LogP contribution in [0.15, 0.2) is 152 Å². The Labute approximate surface area is 316 Å². The molecule has 0 radical (unpaired) electrons. The average molecular weight is 688 g/mol. The highest BCUT2D eigenvalue weighted by Gasteiger charge is 2.36. The van der Waals surface area contributed by atoms with E-state index in [1.165, 1.54) is 99.1 Å². The molecule has 0 N–H and O–H groups in total. The molecule has 0 fully saturated rings. The molecule has 2 aliphatic rings. The van der Waals surface area contributed by atoms with Gasteiger partial charge in [0.1, 0.15) is 0 Å². The van der Waals surface area contributed by atoms with Gasteiger partial charge in [0.15, 0.2) is 0 Å². The number of fused-ring (bicyclic) bond motifs is 6. The highest BCUT2D eigenvalue weighted by Crippen LogP contribution is 2.53. The molecule has 254 valence electrons. The van der Waals surface area contributed by atoms with E-state index in [0.29, 0.717) is 5.56 Å². The quantitative estimate of drug-likeness (QED) is 0.170. The molecular weight excluding hydrogens is 651 g/mol. The molecular formula is C53H37N. The molecule has 0 atom stereocenters. The van der Waals surface area contributed by atoms with Crippen molar-refractivity contribution in [2.75, 3.05) is 0 Å². The van der Waals surface area contributed by atoms with Crippen LogP contribution in [0.5, 0.6) is 0 Å². The summed E-state index contributed by atoms with van der Waals surface area (Å²) in [5.41, 5.74) is 18.5. The summed E-state index contributed by atoms with van der Waals surface area (Å²) in [6.45, 7) is 9.42. The van der Waals surface area contributed by atoms with E-state index in [4.69, 9.17) is 0 Å². The molecule has 9 aromatic carbocycles. The van der Waals surface area contributed by atoms with Gasteiger partial charge in [-0.2, -0.15) is 5.26 Å². The zero-order chi connectivity index (χ0) is 36.5. The van der Waals surface area contributed by atoms with Gasteiger partial charge in [0, 0.05) is 10.8 Å². The van der Waals surface area contributed by atoms with Crippen molar-refractivity contribution in [2.45, 2.75) is 38.5 Å². The van der Waals surface area contributed by atoms with Crippen molar-refractivity contribution in [2.24, 2.45) is 0 Å². The fraction of sp³-hybridized carbons (Fsp3) is 0.113. The first-order chi connectivity index (χ1) is 26.2. The largest absolute Gasteiger partial charge is 0.192 e. The summed E-state index contributed by atoms with van der Waals surface area (Å²) in [4.78, 5) is 0. The first-order valence-corrected chi connectivity index (χ1v) is 19.0. The van der Waals surface area contributed by atoms with Gasteiger partial charge in [-0.05, 0) is 141 Å². The van der Waals surface area contributed by atoms with Gasteiger partial charge in [0.25, 0.3) is 0 Å². The van der Waals surface area contributed by atoms with E-state index >= 15 is 0 Å². The predicted molar refractivity (Wildman–Crippen MR) is 226 cm³/mol. The van der Waals surface area contributed by atoms with Crippen molar-refractivity contribution in [3.8, 4) is 61.7 Å². The zero-order valence-electron chi connectivity index (χ0n) is 30.9. The Bertz CT molecular complexity index is 3110. The standard InChI is InChI=1S/C53H37N/c1-52(2)46-14-7-5-12-37(46)39-21-18-34(27-48(39)52)36-20-16-32-17-23-42-45(35-19-22-40-38-13-6-8-15-47(38)53(3,4)49(40)28-35)29-44(33-11-9-10-31(26-33)30-54)43-25-24-41(36)50(32)51(42)43/h5-29H,1-4H3. The Morgan fingerprint density at radius 1 is 0.370 bits per heavy atom. The van der Waals surface area contributed by atoms with Gasteiger partial charge in [0.05, 0.1) is 11.6 Å². The molecule has 0 aromatic heterocycles. The smallest absolute Gasteiger partial charge is 0.0991 e. The van der Waals surface area contributed by atoms with Crippen LogP contribution in [0.4, 0.5) is 0 Å². The summed E-state index contributed by atoms with van der Waals surface area (Å²) < 4.78 is 0. The van der Waals surface area contributed by atoms with Gasteiger partial charge in [-0.25, -0.2) is 0 Å². The number of rotatable bonds is 3. The summed E-state index contributed by atoms with van der Waals surface area (Å²) >= 11 is 0. The van der Waals surface area contributed by atoms with Crippen molar-refractivity contribution in [1.29, 1.82) is 5.26 Å². The summed E-state index contributed by atoms with van der Waals surface area (Å²) in [6, 6.07) is 58.6. The molecule has 0 amide bonds. The number of hydrogen-bond donors (Lipinski definition) is 0. The molecule has 0 saturated heterocycles. The SMILES string of the molecule is CC1(C)c2ccccc2-c2ccc(-c3ccc4ccc5c(-c6ccc7c(c6)C(C)(C)c6ccccc6-7)cc(-c6cccc(C#N)c6)c6ccc3c4c65)cc21. The van der Waals surface area contributed by atoms with E-state index in [0.717, 1.165) is 11.1 Å². The van der Waals surface area contributed by atoms with E-state index in [1.807, 2.05) is 18.2 Å². The lowest BCUT2D eigenvalue weighted by molar-refractivity contribution is 0.660. The van der Waals surface area contributed by atoms with Crippen LogP contribution in [0, 0.1) is 11.3 Å². The van der Waals surface area contributed by atoms with E-state index in [1.54, 1.807) is 0 Å². The Kier molecular flexibility index (Phi) is 6.21. The van der Waals surface area contributed by atoms with Crippen LogP contribution in [0.3, 0.4) is 0 Å². The molecule has 1 heteroatoms. The summed E-state index contributed by atoms with van der Waals surface area (Å²) in [5, 5.41) is 17.4. The molecule has 0 aliphatic heterocycles. The molecule has 11 rings (SSSR count). The highest BCUT2D eigenvalue weighted by molar-refractivity contribution is 6.30. The fourth-order valence-corrected chi connectivity index (χ4v) is 10.1. The molecule has 0 heterocycles. The molecule has 0 spiro atoms. The Morgan fingerprint density at radius 3 is 1.46 bits per heavy atom. The van der Waals surface area contributed by atoms with E-state index in [9.17, 15) is 5.26 Å². The van der Waals surface area contributed by atoms with Crippen molar-refractivity contribution >= 4 is 32.3 Å². The van der Waals surface area contributed by atoms with Crippen LogP contribution in [0.25, 0.3) is 88.0 Å². The van der Waals surface area contributed by atoms with Gasteiger partial charge in [-0.1, -0.05) is 149 Å².